The third-order valence-electron chi connectivity index (χ3n) is 3.05. The summed E-state index contributed by atoms with van der Waals surface area (Å²) in [7, 11) is 1.51. The molecule has 1 aromatic carbocycles. The van der Waals surface area contributed by atoms with Gasteiger partial charge in [0.15, 0.2) is 0 Å². The number of imidazole rings is 1. The quantitative estimate of drug-likeness (QED) is 0.829. The summed E-state index contributed by atoms with van der Waals surface area (Å²) in [5.41, 5.74) is 6.70. The lowest BCUT2D eigenvalue weighted by atomic mass is 10.2. The summed E-state index contributed by atoms with van der Waals surface area (Å²) >= 11 is 0. The van der Waals surface area contributed by atoms with E-state index in [0.29, 0.717) is 17.1 Å². The predicted octanol–water partition coefficient (Wildman–Crippen LogP) is 1.55. The molecule has 0 radical (unpaired) electrons. The molecule has 2 rings (SSSR count). The van der Waals surface area contributed by atoms with Crippen LogP contribution in [0.25, 0.3) is 0 Å². The number of anilines is 2. The molecule has 3 N–H and O–H groups in total. The molecule has 0 aliphatic heterocycles. The number of nitrogens with zero attached hydrogens (tertiary/aromatic N) is 3. The highest BCUT2D eigenvalue weighted by Gasteiger charge is 2.19. The van der Waals surface area contributed by atoms with E-state index in [1.165, 1.54) is 17.9 Å². The topological polar surface area (TPSA) is 106 Å². The number of rotatable bonds is 4. The summed E-state index contributed by atoms with van der Waals surface area (Å²) in [6.07, 6.45) is 3.06. The van der Waals surface area contributed by atoms with Gasteiger partial charge < -0.3 is 20.4 Å². The molecular formula is C14H15N5O2. The number of nitrogens with two attached hydrogens (primary N) is 1. The van der Waals surface area contributed by atoms with Crippen molar-refractivity contribution in [3.05, 3.63) is 36.4 Å². The summed E-state index contributed by atoms with van der Waals surface area (Å²) in [4.78, 5) is 16.2. The molecule has 7 heteroatoms. The molecular weight excluding hydrogens is 270 g/mol. The number of benzene rings is 1. The van der Waals surface area contributed by atoms with Gasteiger partial charge in [0.05, 0.1) is 12.8 Å². The van der Waals surface area contributed by atoms with E-state index in [9.17, 15) is 4.79 Å². The molecule has 0 bridgehead atoms. The van der Waals surface area contributed by atoms with E-state index in [0.717, 1.165) is 0 Å². The Morgan fingerprint density at radius 3 is 3.00 bits per heavy atom. The van der Waals surface area contributed by atoms with E-state index in [2.05, 4.69) is 10.3 Å². The van der Waals surface area contributed by atoms with Crippen LogP contribution >= 0.6 is 0 Å². The molecule has 1 aromatic heterocycles. The van der Waals surface area contributed by atoms with Gasteiger partial charge in [0.1, 0.15) is 17.9 Å². The van der Waals surface area contributed by atoms with Gasteiger partial charge in [-0.15, -0.1) is 0 Å². The van der Waals surface area contributed by atoms with E-state index < -0.39 is 6.04 Å². The third-order valence-corrected chi connectivity index (χ3v) is 3.05. The minimum atomic E-state index is -0.590. The maximum absolute atomic E-state index is 12.3. The number of methoxy groups -OCH3 is 1. The predicted molar refractivity (Wildman–Crippen MR) is 77.7 cm³/mol. The van der Waals surface area contributed by atoms with E-state index in [1.807, 2.05) is 6.07 Å². The highest BCUT2D eigenvalue weighted by atomic mass is 16.5. The zero-order valence-corrected chi connectivity index (χ0v) is 11.7. The van der Waals surface area contributed by atoms with Crippen molar-refractivity contribution in [1.82, 2.24) is 9.55 Å². The van der Waals surface area contributed by atoms with Crippen molar-refractivity contribution in [2.75, 3.05) is 18.2 Å². The second-order valence-electron chi connectivity index (χ2n) is 4.39. The van der Waals surface area contributed by atoms with E-state index in [4.69, 9.17) is 15.7 Å². The van der Waals surface area contributed by atoms with Gasteiger partial charge >= 0.3 is 0 Å². The zero-order valence-electron chi connectivity index (χ0n) is 11.7. The first-order valence-corrected chi connectivity index (χ1v) is 6.24. The highest BCUT2D eigenvalue weighted by Crippen LogP contribution is 2.27. The summed E-state index contributed by atoms with van der Waals surface area (Å²) in [5, 5.41) is 11.7. The average molecular weight is 285 g/mol. The Bertz CT molecular complexity index is 702. The molecule has 0 saturated carbocycles. The Labute approximate surface area is 122 Å². The summed E-state index contributed by atoms with van der Waals surface area (Å²) in [6, 6.07) is 6.31. The van der Waals surface area contributed by atoms with Gasteiger partial charge in [-0.3, -0.25) is 4.79 Å². The average Bonchev–Trinajstić information content (AvgIpc) is 2.95. The Balaban J connectivity index is 2.22. The molecule has 2 aromatic rings. The van der Waals surface area contributed by atoms with Crippen LogP contribution in [0.5, 0.6) is 5.75 Å². The fourth-order valence-electron chi connectivity index (χ4n) is 1.90. The van der Waals surface area contributed by atoms with Crippen molar-refractivity contribution in [2.24, 2.45) is 0 Å². The first kappa shape index (κ1) is 14.4. The Hall–Kier alpha value is -3.01. The minimum Gasteiger partial charge on any atom is -0.495 e. The number of ether oxygens (including phenoxy) is 1. The molecule has 108 valence electrons. The van der Waals surface area contributed by atoms with Gasteiger partial charge in [0, 0.05) is 18.1 Å². The molecule has 0 spiro atoms. The number of carbonyl (C=O) groups is 1. The van der Waals surface area contributed by atoms with Crippen molar-refractivity contribution in [3.8, 4) is 11.8 Å². The summed E-state index contributed by atoms with van der Waals surface area (Å²) in [5.74, 6) is 0.390. The number of carbonyl (C=O) groups excluding carboxylic acids is 1. The van der Waals surface area contributed by atoms with Gasteiger partial charge in [-0.2, -0.15) is 5.26 Å². The lowest BCUT2D eigenvalue weighted by Gasteiger charge is -2.16. The Morgan fingerprint density at radius 1 is 1.57 bits per heavy atom. The summed E-state index contributed by atoms with van der Waals surface area (Å²) < 4.78 is 6.67. The van der Waals surface area contributed by atoms with Crippen molar-refractivity contribution in [3.63, 3.8) is 0 Å². The Kier molecular flexibility index (Phi) is 4.09. The molecule has 0 saturated heterocycles. The van der Waals surface area contributed by atoms with Gasteiger partial charge in [-0.1, -0.05) is 0 Å². The van der Waals surface area contributed by atoms with Crippen LogP contribution < -0.4 is 15.8 Å². The van der Waals surface area contributed by atoms with Crippen molar-refractivity contribution < 1.29 is 9.53 Å². The number of nitrogens with one attached hydrogen (secondary N) is 1. The number of nitrogen functional groups attached to an aromatic ring is 1. The number of aromatic nitrogens is 2. The van der Waals surface area contributed by atoms with Crippen LogP contribution in [0.4, 0.5) is 11.4 Å². The zero-order chi connectivity index (χ0) is 15.4. The summed E-state index contributed by atoms with van der Waals surface area (Å²) in [6.45, 7) is 1.68. The van der Waals surface area contributed by atoms with Crippen molar-refractivity contribution >= 4 is 17.3 Å². The van der Waals surface area contributed by atoms with Crippen LogP contribution in [0.2, 0.25) is 0 Å². The van der Waals surface area contributed by atoms with E-state index in [1.54, 1.807) is 31.3 Å². The fraction of sp³-hybridized carbons (Fsp3) is 0.214. The van der Waals surface area contributed by atoms with Crippen molar-refractivity contribution in [1.29, 1.82) is 5.26 Å². The SMILES string of the molecule is COc1ccc(N)cc1NC(=O)C(C)n1ccnc1C#N. The largest absolute Gasteiger partial charge is 0.495 e. The molecule has 1 unspecified atom stereocenters. The number of hydrogen-bond donors (Lipinski definition) is 2. The molecule has 1 heterocycles. The van der Waals surface area contributed by atoms with Crippen LogP contribution in [0.3, 0.4) is 0 Å². The van der Waals surface area contributed by atoms with E-state index >= 15 is 0 Å². The molecule has 0 aliphatic carbocycles. The Morgan fingerprint density at radius 2 is 2.33 bits per heavy atom. The van der Waals surface area contributed by atoms with Gasteiger partial charge in [0.2, 0.25) is 11.7 Å². The maximum Gasteiger partial charge on any atom is 0.247 e. The molecule has 0 fully saturated rings. The van der Waals surface area contributed by atoms with Gasteiger partial charge in [-0.25, -0.2) is 4.98 Å². The first-order chi connectivity index (χ1) is 10.1. The molecule has 0 aliphatic rings. The van der Waals surface area contributed by atoms with Crippen LogP contribution in [0.15, 0.2) is 30.6 Å². The molecule has 21 heavy (non-hydrogen) atoms. The first-order valence-electron chi connectivity index (χ1n) is 6.24. The van der Waals surface area contributed by atoms with Crippen LogP contribution in [0, 0.1) is 11.3 Å². The second-order valence-corrected chi connectivity index (χ2v) is 4.39. The maximum atomic E-state index is 12.3. The molecule has 1 atom stereocenters. The number of nitriles is 1. The lowest BCUT2D eigenvalue weighted by molar-refractivity contribution is -0.118. The monoisotopic (exact) mass is 285 g/mol. The second kappa shape index (κ2) is 5.96. The normalized spacial score (nSPS) is 11.5. The highest BCUT2D eigenvalue weighted by molar-refractivity contribution is 5.95. The van der Waals surface area contributed by atoms with Gasteiger partial charge in [0.25, 0.3) is 0 Å². The molecule has 7 nitrogen and oxygen atoms in total. The number of hydrogen-bond acceptors (Lipinski definition) is 5. The minimum absolute atomic E-state index is 0.178. The standard InChI is InChI=1S/C14H15N5O2/c1-9(19-6-5-17-13(19)8-15)14(20)18-11-7-10(16)3-4-12(11)21-2/h3-7,9H,16H2,1-2H3,(H,18,20). The smallest absolute Gasteiger partial charge is 0.247 e. The third kappa shape index (κ3) is 2.95. The van der Waals surface area contributed by atoms with Crippen LogP contribution in [0.1, 0.15) is 18.8 Å². The van der Waals surface area contributed by atoms with Crippen LogP contribution in [-0.2, 0) is 4.79 Å². The van der Waals surface area contributed by atoms with Crippen molar-refractivity contribution in [2.45, 2.75) is 13.0 Å². The number of amides is 1. The fourth-order valence-corrected chi connectivity index (χ4v) is 1.90. The lowest BCUT2D eigenvalue weighted by Crippen LogP contribution is -2.24. The molecule has 1 amide bonds. The van der Waals surface area contributed by atoms with E-state index in [-0.39, 0.29) is 11.7 Å². The van der Waals surface area contributed by atoms with Gasteiger partial charge in [-0.05, 0) is 25.1 Å². The van der Waals surface area contributed by atoms with Crippen LogP contribution in [-0.4, -0.2) is 22.6 Å².